The van der Waals surface area contributed by atoms with Crippen molar-refractivity contribution in [1.82, 2.24) is 0 Å². The number of hydrogen-bond donors (Lipinski definition) is 2. The van der Waals surface area contributed by atoms with Crippen molar-refractivity contribution in [1.29, 1.82) is 0 Å². The second-order valence-corrected chi connectivity index (χ2v) is 11.0. The highest BCUT2D eigenvalue weighted by Crippen LogP contribution is 2.38. The van der Waals surface area contributed by atoms with Crippen LogP contribution in [0.15, 0.2) is 47.4 Å². The van der Waals surface area contributed by atoms with E-state index in [9.17, 15) is 13.2 Å². The zero-order chi connectivity index (χ0) is 26.6. The molecule has 0 aromatic heterocycles. The van der Waals surface area contributed by atoms with E-state index in [4.69, 9.17) is 22.7 Å². The Balaban J connectivity index is 0.000000262. The number of sulfonamides is 1. The largest absolute Gasteiger partial charge is 0.481 e. The first-order valence-corrected chi connectivity index (χ1v) is 14.0. The first kappa shape index (κ1) is 30.1. The molecule has 0 saturated carbocycles. The fourth-order valence-corrected chi connectivity index (χ4v) is 5.77. The number of aliphatic hydroxyl groups is 1. The Morgan fingerprint density at radius 3 is 2.28 bits per heavy atom. The van der Waals surface area contributed by atoms with Gasteiger partial charge in [-0.1, -0.05) is 62.4 Å². The van der Waals surface area contributed by atoms with Crippen molar-refractivity contribution in [2.24, 2.45) is 5.73 Å². The monoisotopic (exact) mass is 541 g/mol. The SMILES string of the molecule is Cc1ccc2c(c1)S(=O)(=O)N(C)c1ccccc1C2N.O=C(O)CCCCCCCCCC[OH+]OCl. The number of nitrogens with two attached hydrogens (primary N) is 1. The number of anilines is 1. The number of rotatable bonds is 12. The molecular weight excluding hydrogens is 504 g/mol. The van der Waals surface area contributed by atoms with Crippen LogP contribution in [0.4, 0.5) is 5.69 Å². The van der Waals surface area contributed by atoms with Gasteiger partial charge in [-0.05, 0) is 48.6 Å². The maximum atomic E-state index is 12.8. The van der Waals surface area contributed by atoms with E-state index in [1.165, 1.54) is 23.6 Å². The number of benzene rings is 2. The molecular formula is C26H38ClN2O6S+. The second-order valence-electron chi connectivity index (χ2n) is 8.94. The van der Waals surface area contributed by atoms with E-state index in [1.54, 1.807) is 19.2 Å². The maximum Gasteiger partial charge on any atom is 0.303 e. The van der Waals surface area contributed by atoms with Crippen molar-refractivity contribution in [2.45, 2.75) is 75.6 Å². The Morgan fingerprint density at radius 1 is 1.03 bits per heavy atom. The molecule has 1 unspecified atom stereocenters. The standard InChI is InChI=1S/C15H16N2O2S.C11H21ClO4/c1-10-7-8-12-14(9-10)20(18,19)17(2)13-6-4-3-5-11(13)15(12)16;12-16-15-10-8-6-4-2-1-3-5-7-9-11(13)14/h3-9,15H,16H2,1-2H3;1-10H2,(H,13,14)/p+1. The summed E-state index contributed by atoms with van der Waals surface area (Å²) in [5, 5.41) is 8.43. The van der Waals surface area contributed by atoms with Crippen LogP contribution in [0.5, 0.6) is 0 Å². The fraction of sp³-hybridized carbons (Fsp3) is 0.500. The Morgan fingerprint density at radius 2 is 1.64 bits per heavy atom. The molecule has 200 valence electrons. The van der Waals surface area contributed by atoms with Gasteiger partial charge in [-0.25, -0.2) is 13.3 Å². The molecule has 0 saturated heterocycles. The van der Waals surface area contributed by atoms with E-state index in [2.05, 4.69) is 9.33 Å². The number of carboxylic acid groups (broad SMARTS) is 1. The Labute approximate surface area is 219 Å². The molecule has 8 nitrogen and oxygen atoms in total. The number of nitrogens with zero attached hydrogens (tertiary/aromatic N) is 1. The fourth-order valence-electron chi connectivity index (χ4n) is 4.15. The zero-order valence-electron chi connectivity index (χ0n) is 21.0. The third kappa shape index (κ3) is 8.74. The molecule has 0 amide bonds. The lowest BCUT2D eigenvalue weighted by molar-refractivity contribution is -0.340. The molecule has 0 spiro atoms. The predicted octanol–water partition coefficient (Wildman–Crippen LogP) is 5.38. The Kier molecular flexibility index (Phi) is 12.7. The van der Waals surface area contributed by atoms with E-state index in [0.29, 0.717) is 29.2 Å². The summed E-state index contributed by atoms with van der Waals surface area (Å²) >= 11 is 4.93. The summed E-state index contributed by atoms with van der Waals surface area (Å²) in [5.74, 6) is -0.690. The Hall–Kier alpha value is -2.17. The minimum Gasteiger partial charge on any atom is -0.481 e. The van der Waals surface area contributed by atoms with Crippen LogP contribution in [-0.4, -0.2) is 38.0 Å². The number of aryl methyl sites for hydroxylation is 1. The van der Waals surface area contributed by atoms with Crippen molar-refractivity contribution in [3.63, 3.8) is 0 Å². The average Bonchev–Trinajstić information content (AvgIpc) is 2.91. The van der Waals surface area contributed by atoms with E-state index in [-0.39, 0.29) is 0 Å². The van der Waals surface area contributed by atoms with Gasteiger partial charge < -0.3 is 10.8 Å². The summed E-state index contributed by atoms with van der Waals surface area (Å²) in [4.78, 5) is 14.1. The highest BCUT2D eigenvalue weighted by molar-refractivity contribution is 7.92. The summed E-state index contributed by atoms with van der Waals surface area (Å²) in [6, 6.07) is 12.3. The highest BCUT2D eigenvalue weighted by atomic mass is 35.5. The van der Waals surface area contributed by atoms with Gasteiger partial charge in [-0.15, -0.1) is 0 Å². The minimum atomic E-state index is -3.57. The quantitative estimate of drug-likeness (QED) is 0.161. The molecule has 0 bridgehead atoms. The molecule has 0 fully saturated rings. The second kappa shape index (κ2) is 15.2. The van der Waals surface area contributed by atoms with Crippen LogP contribution in [0.25, 0.3) is 0 Å². The molecule has 1 aliphatic heterocycles. The molecule has 1 heterocycles. The average molecular weight is 542 g/mol. The van der Waals surface area contributed by atoms with E-state index >= 15 is 0 Å². The van der Waals surface area contributed by atoms with Gasteiger partial charge in [0.05, 0.1) is 16.6 Å². The van der Waals surface area contributed by atoms with Gasteiger partial charge in [-0.3, -0.25) is 9.10 Å². The first-order valence-electron chi connectivity index (χ1n) is 12.3. The van der Waals surface area contributed by atoms with Crippen LogP contribution in [0.3, 0.4) is 0 Å². The maximum absolute atomic E-state index is 12.8. The molecule has 10 heteroatoms. The Bertz CT molecular complexity index is 1080. The molecule has 2 aromatic carbocycles. The van der Waals surface area contributed by atoms with Crippen molar-refractivity contribution < 1.29 is 27.6 Å². The number of aliphatic carboxylic acids is 1. The lowest BCUT2D eigenvalue weighted by atomic mass is 9.97. The highest BCUT2D eigenvalue weighted by Gasteiger charge is 2.33. The number of carboxylic acids is 1. The molecule has 0 radical (unpaired) electrons. The van der Waals surface area contributed by atoms with Gasteiger partial charge in [0.1, 0.15) is 0 Å². The topological polar surface area (TPSA) is 123 Å². The van der Waals surface area contributed by atoms with Crippen LogP contribution >= 0.6 is 11.9 Å². The zero-order valence-corrected chi connectivity index (χ0v) is 22.6. The lowest BCUT2D eigenvalue weighted by Gasteiger charge is -2.19. The van der Waals surface area contributed by atoms with Crippen molar-refractivity contribution >= 4 is 33.5 Å². The third-order valence-electron chi connectivity index (χ3n) is 6.19. The summed E-state index contributed by atoms with van der Waals surface area (Å²) < 4.78 is 30.9. The van der Waals surface area contributed by atoms with Gasteiger partial charge in [0.15, 0.2) is 18.5 Å². The number of carbonyl (C=O) groups is 1. The van der Waals surface area contributed by atoms with Crippen LogP contribution in [-0.2, 0) is 19.3 Å². The molecule has 1 aliphatic rings. The normalized spacial score (nSPS) is 15.8. The summed E-state index contributed by atoms with van der Waals surface area (Å²) in [6.45, 7) is 2.54. The first-order chi connectivity index (χ1) is 17.2. The van der Waals surface area contributed by atoms with Gasteiger partial charge in [0.2, 0.25) is 0 Å². The van der Waals surface area contributed by atoms with Crippen molar-refractivity contribution in [3.8, 4) is 0 Å². The number of halogens is 1. The molecule has 2 aromatic rings. The smallest absolute Gasteiger partial charge is 0.303 e. The van der Waals surface area contributed by atoms with Crippen LogP contribution < -0.4 is 10.0 Å². The number of fused-ring (bicyclic) bond motifs is 2. The van der Waals surface area contributed by atoms with E-state index in [0.717, 1.165) is 43.2 Å². The van der Waals surface area contributed by atoms with Gasteiger partial charge in [0.25, 0.3) is 10.0 Å². The lowest BCUT2D eigenvalue weighted by Crippen LogP contribution is -2.26. The van der Waals surface area contributed by atoms with Crippen molar-refractivity contribution in [3.05, 3.63) is 59.2 Å². The van der Waals surface area contributed by atoms with Gasteiger partial charge >= 0.3 is 5.97 Å². The molecule has 1 atom stereocenters. The molecule has 4 N–H and O–H groups in total. The predicted molar refractivity (Wildman–Crippen MR) is 142 cm³/mol. The third-order valence-corrected chi connectivity index (χ3v) is 8.12. The number of para-hydroxylation sites is 1. The number of hydrogen-bond acceptors (Lipinski definition) is 5. The summed E-state index contributed by atoms with van der Waals surface area (Å²) in [5.41, 5.74) is 9.30. The van der Waals surface area contributed by atoms with Gasteiger partial charge in [-0.2, -0.15) is 0 Å². The summed E-state index contributed by atoms with van der Waals surface area (Å²) in [6.07, 6.45) is 9.07. The van der Waals surface area contributed by atoms with E-state index < -0.39 is 22.0 Å². The number of unbranched alkanes of at least 4 members (excludes halogenated alkanes) is 7. The molecule has 3 rings (SSSR count). The molecule has 36 heavy (non-hydrogen) atoms. The minimum absolute atomic E-state index is 0.295. The van der Waals surface area contributed by atoms with Crippen molar-refractivity contribution in [2.75, 3.05) is 18.0 Å². The van der Waals surface area contributed by atoms with Gasteiger partial charge in [0, 0.05) is 24.3 Å². The molecule has 0 aliphatic carbocycles. The van der Waals surface area contributed by atoms with Crippen LogP contribution in [0.2, 0.25) is 0 Å². The van der Waals surface area contributed by atoms with E-state index in [1.807, 2.05) is 37.3 Å². The summed E-state index contributed by atoms with van der Waals surface area (Å²) in [7, 11) is -2.00. The van der Waals surface area contributed by atoms with Crippen LogP contribution in [0, 0.1) is 6.92 Å². The van der Waals surface area contributed by atoms with Crippen LogP contribution in [0.1, 0.15) is 80.5 Å².